The highest BCUT2D eigenvalue weighted by molar-refractivity contribution is 7.92. The number of benzene rings is 2. The van der Waals surface area contributed by atoms with Crippen molar-refractivity contribution < 1.29 is 13.2 Å². The van der Waals surface area contributed by atoms with Crippen LogP contribution in [0.1, 0.15) is 37.4 Å². The number of hydrogen-bond donors (Lipinski definition) is 1. The number of carbonyl (C=O) groups is 1. The van der Waals surface area contributed by atoms with E-state index in [4.69, 9.17) is 11.6 Å². The highest BCUT2D eigenvalue weighted by atomic mass is 35.5. The van der Waals surface area contributed by atoms with E-state index in [0.717, 1.165) is 22.5 Å². The smallest absolute Gasteiger partial charge is 0.241 e. The Kier molecular flexibility index (Phi) is 7.49. The molecular weight excluding hydrogens is 396 g/mol. The third-order valence-corrected chi connectivity index (χ3v) is 5.72. The van der Waals surface area contributed by atoms with Gasteiger partial charge < -0.3 is 5.32 Å². The Morgan fingerprint density at radius 2 is 1.79 bits per heavy atom. The number of carbonyl (C=O) groups excluding carboxylic acids is 1. The van der Waals surface area contributed by atoms with E-state index in [1.165, 1.54) is 0 Å². The third kappa shape index (κ3) is 6.24. The lowest BCUT2D eigenvalue weighted by Crippen LogP contribution is -2.42. The number of hydrogen-bond acceptors (Lipinski definition) is 3. The summed E-state index contributed by atoms with van der Waals surface area (Å²) in [6, 6.07) is 14.4. The number of nitrogens with one attached hydrogen (secondary N) is 1. The Morgan fingerprint density at radius 1 is 1.14 bits per heavy atom. The first-order valence-corrected chi connectivity index (χ1v) is 11.4. The Bertz CT molecular complexity index is 915. The lowest BCUT2D eigenvalue weighted by atomic mass is 9.97. The molecule has 7 heteroatoms. The molecule has 0 saturated heterocycles. The van der Waals surface area contributed by atoms with E-state index < -0.39 is 10.0 Å². The zero-order valence-electron chi connectivity index (χ0n) is 16.6. The topological polar surface area (TPSA) is 66.5 Å². The summed E-state index contributed by atoms with van der Waals surface area (Å²) in [5.41, 5.74) is 2.13. The molecule has 0 spiro atoms. The molecule has 0 aliphatic carbocycles. The number of anilines is 1. The molecule has 0 radical (unpaired) electrons. The van der Waals surface area contributed by atoms with E-state index in [9.17, 15) is 13.2 Å². The van der Waals surface area contributed by atoms with Crippen LogP contribution in [0.5, 0.6) is 0 Å². The maximum Gasteiger partial charge on any atom is 0.241 e. The van der Waals surface area contributed by atoms with Gasteiger partial charge in [-0.3, -0.25) is 9.10 Å². The van der Waals surface area contributed by atoms with E-state index >= 15 is 0 Å². The highest BCUT2D eigenvalue weighted by Gasteiger charge is 2.24. The van der Waals surface area contributed by atoms with E-state index in [1.807, 2.05) is 30.3 Å². The fraction of sp³-hybridized carbons (Fsp3) is 0.381. The molecule has 152 valence electrons. The highest BCUT2D eigenvalue weighted by Crippen LogP contribution is 2.26. The summed E-state index contributed by atoms with van der Waals surface area (Å²) in [6.45, 7) is 5.65. The van der Waals surface area contributed by atoms with Crippen LogP contribution in [0.2, 0.25) is 5.02 Å². The summed E-state index contributed by atoms with van der Waals surface area (Å²) in [4.78, 5) is 12.8. The summed E-state index contributed by atoms with van der Waals surface area (Å²) < 4.78 is 25.8. The largest absolute Gasteiger partial charge is 0.348 e. The molecule has 0 aliphatic heterocycles. The maximum absolute atomic E-state index is 12.8. The number of amides is 1. The van der Waals surface area contributed by atoms with Crippen molar-refractivity contribution >= 4 is 33.2 Å². The molecule has 2 aromatic carbocycles. The minimum Gasteiger partial charge on any atom is -0.348 e. The Morgan fingerprint density at radius 3 is 2.32 bits per heavy atom. The second kappa shape index (κ2) is 9.43. The van der Waals surface area contributed by atoms with Crippen molar-refractivity contribution in [2.45, 2.75) is 33.2 Å². The predicted octanol–water partition coefficient (Wildman–Crippen LogP) is 4.32. The lowest BCUT2D eigenvalue weighted by Gasteiger charge is -2.26. The van der Waals surface area contributed by atoms with Crippen LogP contribution in [-0.2, 0) is 14.8 Å². The molecular formula is C21H27ClN2O3S. The zero-order valence-corrected chi connectivity index (χ0v) is 18.2. The van der Waals surface area contributed by atoms with Crippen molar-refractivity contribution in [2.75, 3.05) is 17.1 Å². The van der Waals surface area contributed by atoms with Gasteiger partial charge in [0.25, 0.3) is 0 Å². The first-order chi connectivity index (χ1) is 13.1. The molecule has 2 rings (SSSR count). The number of sulfonamides is 1. The summed E-state index contributed by atoms with van der Waals surface area (Å²) >= 11 is 5.98. The average molecular weight is 423 g/mol. The molecule has 0 saturated carbocycles. The van der Waals surface area contributed by atoms with Crippen LogP contribution in [-0.4, -0.2) is 27.1 Å². The fourth-order valence-corrected chi connectivity index (χ4v) is 4.23. The number of nitrogens with zero attached hydrogens (tertiary/aromatic N) is 1. The Balaban J connectivity index is 2.25. The first kappa shape index (κ1) is 22.2. The standard InChI is InChI=1S/C21H27ClN2O3S/c1-15(2)12-19(17-8-6-5-7-9-17)23-21(25)14-24(28(4,26)27)20-11-10-18(22)13-16(20)3/h5-11,13,15,19H,12,14H2,1-4H3,(H,23,25). The van der Waals surface area contributed by atoms with E-state index in [0.29, 0.717) is 22.2 Å². The first-order valence-electron chi connectivity index (χ1n) is 9.16. The molecule has 1 N–H and O–H groups in total. The lowest BCUT2D eigenvalue weighted by molar-refractivity contribution is -0.120. The molecule has 0 aromatic heterocycles. The van der Waals surface area contributed by atoms with Gasteiger partial charge in [-0.25, -0.2) is 8.42 Å². The van der Waals surface area contributed by atoms with Crippen molar-refractivity contribution in [3.05, 3.63) is 64.7 Å². The summed E-state index contributed by atoms with van der Waals surface area (Å²) in [7, 11) is -3.64. The van der Waals surface area contributed by atoms with Gasteiger partial charge in [0.2, 0.25) is 15.9 Å². The third-order valence-electron chi connectivity index (χ3n) is 4.36. The fourth-order valence-electron chi connectivity index (χ4n) is 3.09. The van der Waals surface area contributed by atoms with Gasteiger partial charge in [-0.15, -0.1) is 0 Å². The van der Waals surface area contributed by atoms with E-state index in [2.05, 4.69) is 19.2 Å². The van der Waals surface area contributed by atoms with Crippen molar-refractivity contribution in [3.8, 4) is 0 Å². The van der Waals surface area contributed by atoms with Gasteiger partial charge >= 0.3 is 0 Å². The molecule has 2 aromatic rings. The van der Waals surface area contributed by atoms with E-state index in [-0.39, 0.29) is 18.5 Å². The van der Waals surface area contributed by atoms with Crippen molar-refractivity contribution in [1.29, 1.82) is 0 Å². The second-order valence-corrected chi connectivity index (χ2v) is 9.70. The normalized spacial score (nSPS) is 12.6. The van der Waals surface area contributed by atoms with Crippen LogP contribution >= 0.6 is 11.6 Å². The van der Waals surface area contributed by atoms with Gasteiger partial charge in [-0.05, 0) is 48.6 Å². The van der Waals surface area contributed by atoms with Crippen LogP contribution in [0, 0.1) is 12.8 Å². The van der Waals surface area contributed by atoms with Crippen LogP contribution < -0.4 is 9.62 Å². The number of halogens is 1. The molecule has 28 heavy (non-hydrogen) atoms. The predicted molar refractivity (Wildman–Crippen MR) is 115 cm³/mol. The molecule has 0 aliphatic rings. The van der Waals surface area contributed by atoms with Crippen molar-refractivity contribution in [2.24, 2.45) is 5.92 Å². The SMILES string of the molecule is Cc1cc(Cl)ccc1N(CC(=O)NC(CC(C)C)c1ccccc1)S(C)(=O)=O. The van der Waals surface area contributed by atoms with Gasteiger partial charge in [-0.1, -0.05) is 55.8 Å². The monoisotopic (exact) mass is 422 g/mol. The molecule has 1 atom stereocenters. The van der Waals surface area contributed by atoms with Crippen molar-refractivity contribution in [1.82, 2.24) is 5.32 Å². The molecule has 1 unspecified atom stereocenters. The van der Waals surface area contributed by atoms with Gasteiger partial charge in [0.05, 0.1) is 18.0 Å². The van der Waals surface area contributed by atoms with Gasteiger partial charge in [0.1, 0.15) is 6.54 Å². The summed E-state index contributed by atoms with van der Waals surface area (Å²) in [5.74, 6) is 0.0179. The molecule has 5 nitrogen and oxygen atoms in total. The Hall–Kier alpha value is -2.05. The zero-order chi connectivity index (χ0) is 20.9. The Labute approximate surface area is 172 Å². The van der Waals surface area contributed by atoms with Crippen molar-refractivity contribution in [3.63, 3.8) is 0 Å². The van der Waals surface area contributed by atoms with E-state index in [1.54, 1.807) is 25.1 Å². The van der Waals surface area contributed by atoms with Crippen LogP contribution in [0.25, 0.3) is 0 Å². The quantitative estimate of drug-likeness (QED) is 0.688. The second-order valence-electron chi connectivity index (χ2n) is 7.36. The molecule has 1 amide bonds. The summed E-state index contributed by atoms with van der Waals surface area (Å²) in [6.07, 6.45) is 1.85. The van der Waals surface area contributed by atoms with Crippen LogP contribution in [0.15, 0.2) is 48.5 Å². The molecule has 0 bridgehead atoms. The maximum atomic E-state index is 12.8. The minimum absolute atomic E-state index is 0.179. The summed E-state index contributed by atoms with van der Waals surface area (Å²) in [5, 5.41) is 3.51. The molecule has 0 fully saturated rings. The van der Waals surface area contributed by atoms with Gasteiger partial charge in [0.15, 0.2) is 0 Å². The number of aryl methyl sites for hydroxylation is 1. The van der Waals surface area contributed by atoms with Gasteiger partial charge in [-0.2, -0.15) is 0 Å². The molecule has 0 heterocycles. The average Bonchev–Trinajstić information content (AvgIpc) is 2.59. The van der Waals surface area contributed by atoms with Gasteiger partial charge in [0, 0.05) is 5.02 Å². The van der Waals surface area contributed by atoms with Crippen LogP contribution in [0.4, 0.5) is 5.69 Å². The number of rotatable bonds is 8. The minimum atomic E-state index is -3.64. The van der Waals surface area contributed by atoms with Crippen LogP contribution in [0.3, 0.4) is 0 Å².